The van der Waals surface area contributed by atoms with Crippen molar-refractivity contribution in [3.8, 4) is 0 Å². The first-order valence-corrected chi connectivity index (χ1v) is 5.57. The van der Waals surface area contributed by atoms with E-state index in [1.54, 1.807) is 4.81 Å². The van der Waals surface area contributed by atoms with Crippen molar-refractivity contribution in [2.75, 3.05) is 4.81 Å². The van der Waals surface area contributed by atoms with E-state index in [1.165, 1.54) is 0 Å². The predicted octanol–water partition coefficient (Wildman–Crippen LogP) is 3.07. The molecule has 1 rings (SSSR count). The van der Waals surface area contributed by atoms with Crippen molar-refractivity contribution in [1.82, 2.24) is 0 Å². The zero-order chi connectivity index (χ0) is 11.4. The van der Waals surface area contributed by atoms with E-state index >= 15 is 0 Å². The standard InChI is InChI=1S/C10H12BCl2NO/c1-11(2)14(10(15)9(12)13)8-6-4-3-5-7-8/h3-7,9H,1-2H3. The molecule has 0 N–H and O–H groups in total. The third kappa shape index (κ3) is 3.15. The molecule has 0 saturated heterocycles. The second-order valence-electron chi connectivity index (χ2n) is 3.44. The van der Waals surface area contributed by atoms with E-state index in [0.717, 1.165) is 5.69 Å². The fourth-order valence-electron chi connectivity index (χ4n) is 1.37. The number of para-hydroxylation sites is 1. The van der Waals surface area contributed by atoms with Crippen LogP contribution in [-0.4, -0.2) is 17.6 Å². The molecule has 0 unspecified atom stereocenters. The van der Waals surface area contributed by atoms with E-state index in [9.17, 15) is 4.79 Å². The molecule has 0 aliphatic carbocycles. The Labute approximate surface area is 100 Å². The summed E-state index contributed by atoms with van der Waals surface area (Å²) in [5.74, 6) is -0.292. The Bertz CT molecular complexity index is 329. The maximum atomic E-state index is 11.7. The normalized spacial score (nSPS) is 10.2. The Balaban J connectivity index is 2.99. The monoisotopic (exact) mass is 243 g/mol. The first-order valence-electron chi connectivity index (χ1n) is 4.70. The van der Waals surface area contributed by atoms with Crippen molar-refractivity contribution in [3.63, 3.8) is 0 Å². The number of nitrogens with zero attached hydrogens (tertiary/aromatic N) is 1. The summed E-state index contributed by atoms with van der Waals surface area (Å²) < 4.78 is 0. The lowest BCUT2D eigenvalue weighted by Gasteiger charge is -2.25. The van der Waals surface area contributed by atoms with E-state index in [1.807, 2.05) is 44.0 Å². The molecule has 0 aliphatic heterocycles. The number of carbonyl (C=O) groups excluding carboxylic acids is 1. The minimum Gasteiger partial charge on any atom is -0.356 e. The molecule has 15 heavy (non-hydrogen) atoms. The van der Waals surface area contributed by atoms with Gasteiger partial charge in [-0.15, -0.1) is 0 Å². The second kappa shape index (κ2) is 5.43. The Hall–Kier alpha value is -0.665. The van der Waals surface area contributed by atoms with Crippen LogP contribution >= 0.6 is 23.2 Å². The lowest BCUT2D eigenvalue weighted by atomic mass is 9.65. The van der Waals surface area contributed by atoms with E-state index < -0.39 is 4.84 Å². The summed E-state index contributed by atoms with van der Waals surface area (Å²) >= 11 is 11.2. The van der Waals surface area contributed by atoms with Gasteiger partial charge in [-0.25, -0.2) is 0 Å². The van der Waals surface area contributed by atoms with Gasteiger partial charge in [0.1, 0.15) is 0 Å². The van der Waals surface area contributed by atoms with Gasteiger partial charge in [0.2, 0.25) is 5.91 Å². The summed E-state index contributed by atoms with van der Waals surface area (Å²) in [5, 5.41) is 0. The first kappa shape index (κ1) is 12.4. The van der Waals surface area contributed by atoms with Gasteiger partial charge in [0.15, 0.2) is 4.84 Å². The number of rotatable bonds is 3. The van der Waals surface area contributed by atoms with Gasteiger partial charge in [-0.05, 0) is 12.1 Å². The van der Waals surface area contributed by atoms with Crippen molar-refractivity contribution in [2.24, 2.45) is 0 Å². The summed E-state index contributed by atoms with van der Waals surface area (Å²) in [6.45, 7) is 3.86. The van der Waals surface area contributed by atoms with E-state index in [0.29, 0.717) is 0 Å². The average molecular weight is 244 g/mol. The first-order chi connectivity index (χ1) is 7.04. The van der Waals surface area contributed by atoms with E-state index in [4.69, 9.17) is 23.2 Å². The van der Waals surface area contributed by atoms with Crippen molar-refractivity contribution >= 4 is 41.6 Å². The summed E-state index contributed by atoms with van der Waals surface area (Å²) in [6.07, 6.45) is 0. The van der Waals surface area contributed by atoms with Crippen molar-refractivity contribution in [2.45, 2.75) is 18.5 Å². The van der Waals surface area contributed by atoms with Crippen LogP contribution < -0.4 is 4.81 Å². The van der Waals surface area contributed by atoms with Crippen LogP contribution in [0.25, 0.3) is 0 Å². The van der Waals surface area contributed by atoms with Gasteiger partial charge in [-0.1, -0.05) is 55.0 Å². The van der Waals surface area contributed by atoms with E-state index in [2.05, 4.69) is 0 Å². The highest BCUT2D eigenvalue weighted by molar-refractivity contribution is 6.69. The molecular weight excluding hydrogens is 232 g/mol. The van der Waals surface area contributed by atoms with Gasteiger partial charge in [0, 0.05) is 5.69 Å². The van der Waals surface area contributed by atoms with Crippen LogP contribution in [0.4, 0.5) is 5.69 Å². The second-order valence-corrected chi connectivity index (χ2v) is 4.53. The lowest BCUT2D eigenvalue weighted by molar-refractivity contribution is -0.116. The zero-order valence-corrected chi connectivity index (χ0v) is 10.2. The Morgan fingerprint density at radius 1 is 1.27 bits per heavy atom. The topological polar surface area (TPSA) is 20.3 Å². The van der Waals surface area contributed by atoms with Crippen molar-refractivity contribution < 1.29 is 4.79 Å². The highest BCUT2D eigenvalue weighted by Crippen LogP contribution is 2.19. The van der Waals surface area contributed by atoms with Crippen LogP contribution in [0.1, 0.15) is 0 Å². The van der Waals surface area contributed by atoms with Gasteiger partial charge < -0.3 is 4.81 Å². The van der Waals surface area contributed by atoms with Crippen LogP contribution in [0, 0.1) is 0 Å². The largest absolute Gasteiger partial charge is 0.356 e. The molecule has 80 valence electrons. The van der Waals surface area contributed by atoms with Gasteiger partial charge in [0.05, 0.1) is 0 Å². The molecule has 0 heterocycles. The molecule has 0 spiro atoms. The number of benzene rings is 1. The number of hydrogen-bond donors (Lipinski definition) is 0. The third-order valence-electron chi connectivity index (χ3n) is 1.97. The molecule has 1 aromatic carbocycles. The predicted molar refractivity (Wildman–Crippen MR) is 66.9 cm³/mol. The van der Waals surface area contributed by atoms with Gasteiger partial charge in [0.25, 0.3) is 6.85 Å². The van der Waals surface area contributed by atoms with Crippen LogP contribution in [0.5, 0.6) is 0 Å². The molecule has 0 aromatic heterocycles. The Kier molecular flexibility index (Phi) is 4.49. The van der Waals surface area contributed by atoms with Crippen molar-refractivity contribution in [3.05, 3.63) is 30.3 Å². The molecule has 0 aliphatic rings. The molecule has 5 heteroatoms. The number of amides is 1. The number of alkyl halides is 2. The minimum atomic E-state index is -1.02. The molecule has 0 fully saturated rings. The molecule has 0 atom stereocenters. The summed E-state index contributed by atoms with van der Waals surface area (Å²) in [6, 6.07) is 9.35. The number of carbonyl (C=O) groups is 1. The SMILES string of the molecule is CB(C)N(C(=O)C(Cl)Cl)c1ccccc1. The highest BCUT2D eigenvalue weighted by Gasteiger charge is 2.25. The number of anilines is 1. The van der Waals surface area contributed by atoms with Gasteiger partial charge >= 0.3 is 0 Å². The van der Waals surface area contributed by atoms with Crippen LogP contribution in [0.2, 0.25) is 13.6 Å². The van der Waals surface area contributed by atoms with Gasteiger partial charge in [-0.3, -0.25) is 4.79 Å². The molecule has 2 nitrogen and oxygen atoms in total. The molecule has 1 amide bonds. The zero-order valence-electron chi connectivity index (χ0n) is 8.65. The number of halogens is 2. The summed E-state index contributed by atoms with van der Waals surface area (Å²) in [5.41, 5.74) is 0.809. The van der Waals surface area contributed by atoms with Gasteiger partial charge in [-0.2, -0.15) is 0 Å². The summed E-state index contributed by atoms with van der Waals surface area (Å²) in [4.78, 5) is 12.3. The Morgan fingerprint density at radius 3 is 2.20 bits per heavy atom. The fraction of sp³-hybridized carbons (Fsp3) is 0.300. The summed E-state index contributed by atoms with van der Waals surface area (Å²) in [7, 11) is 0. The third-order valence-corrected chi connectivity index (χ3v) is 2.35. The number of hydrogen-bond acceptors (Lipinski definition) is 1. The molecule has 0 radical (unpaired) electrons. The minimum absolute atomic E-state index is 0.0277. The molecule has 0 saturated carbocycles. The fourth-order valence-corrected chi connectivity index (χ4v) is 1.58. The molecule has 0 bridgehead atoms. The molecule has 1 aromatic rings. The van der Waals surface area contributed by atoms with E-state index in [-0.39, 0.29) is 12.8 Å². The Morgan fingerprint density at radius 2 is 1.80 bits per heavy atom. The molecular formula is C10H12BCl2NO. The average Bonchev–Trinajstić information content (AvgIpc) is 2.18. The van der Waals surface area contributed by atoms with Crippen LogP contribution in [0.3, 0.4) is 0 Å². The maximum absolute atomic E-state index is 11.7. The van der Waals surface area contributed by atoms with Crippen molar-refractivity contribution in [1.29, 1.82) is 0 Å². The van der Waals surface area contributed by atoms with Crippen LogP contribution in [0.15, 0.2) is 30.3 Å². The maximum Gasteiger partial charge on any atom is 0.258 e. The highest BCUT2D eigenvalue weighted by atomic mass is 35.5. The quantitative estimate of drug-likeness (QED) is 0.590. The lowest BCUT2D eigenvalue weighted by Crippen LogP contribution is -2.43. The smallest absolute Gasteiger partial charge is 0.258 e. The van der Waals surface area contributed by atoms with Crippen LogP contribution in [-0.2, 0) is 4.79 Å².